The highest BCUT2D eigenvalue weighted by molar-refractivity contribution is 5.95. The van der Waals surface area contributed by atoms with E-state index in [-0.39, 0.29) is 35.8 Å². The van der Waals surface area contributed by atoms with Crippen molar-refractivity contribution in [1.29, 1.82) is 0 Å². The summed E-state index contributed by atoms with van der Waals surface area (Å²) in [5.41, 5.74) is -1.25. The second kappa shape index (κ2) is 8.88. The first-order chi connectivity index (χ1) is 14.2. The topological polar surface area (TPSA) is 120 Å². The lowest BCUT2D eigenvalue weighted by molar-refractivity contribution is -0.383. The lowest BCUT2D eigenvalue weighted by Crippen LogP contribution is -2.39. The van der Waals surface area contributed by atoms with Crippen molar-refractivity contribution < 1.29 is 24.1 Å². The molecule has 0 bridgehead atoms. The Morgan fingerprint density at radius 1 is 1.19 bits per heavy atom. The molecule has 0 aliphatic rings. The Morgan fingerprint density at radius 3 is 2.35 bits per heavy atom. The van der Waals surface area contributed by atoms with Crippen molar-refractivity contribution >= 4 is 35.2 Å². The van der Waals surface area contributed by atoms with Crippen LogP contribution in [0.5, 0.6) is 0 Å². The average Bonchev–Trinajstić information content (AvgIpc) is 3.02. The van der Waals surface area contributed by atoms with Crippen LogP contribution in [0.4, 0.5) is 16.4 Å². The van der Waals surface area contributed by atoms with Crippen molar-refractivity contribution in [2.75, 3.05) is 25.0 Å². The number of ether oxygens (including phenoxy) is 1. The summed E-state index contributed by atoms with van der Waals surface area (Å²) in [5, 5.41) is 12.6. The van der Waals surface area contributed by atoms with Crippen molar-refractivity contribution in [3.05, 3.63) is 28.3 Å². The molecule has 31 heavy (non-hydrogen) atoms. The Morgan fingerprint density at radius 2 is 1.84 bits per heavy atom. The number of benzene rings is 1. The second-order valence-corrected chi connectivity index (χ2v) is 9.00. The minimum Gasteiger partial charge on any atom is -0.443 e. The number of aromatic nitrogens is 2. The van der Waals surface area contributed by atoms with Crippen LogP contribution in [0, 0.1) is 10.1 Å². The normalized spacial score (nSPS) is 12.0. The first kappa shape index (κ1) is 24.1. The number of carbonyl (C=O) groups excluding carboxylic acids is 2. The van der Waals surface area contributed by atoms with Crippen LogP contribution in [0.1, 0.15) is 41.5 Å². The summed E-state index contributed by atoms with van der Waals surface area (Å²) in [7, 11) is 1.66. The monoisotopic (exact) mass is 435 g/mol. The molecule has 0 N–H and O–H groups in total. The summed E-state index contributed by atoms with van der Waals surface area (Å²) in [6.07, 6.45) is -0.142. The quantitative estimate of drug-likeness (QED) is 0.369. The van der Waals surface area contributed by atoms with Crippen LogP contribution in [-0.4, -0.2) is 63.4 Å². The molecule has 11 nitrogen and oxygen atoms in total. The van der Waals surface area contributed by atoms with Gasteiger partial charge in [-0.3, -0.25) is 19.7 Å². The molecule has 1 aromatic heterocycles. The SMILES string of the molecule is CN(CCN(C=O)OC(C)(C)C)c1nc2c([N+](=O)[O-])cccc2n1C(=O)OC(C)(C)C. The molecular weight excluding hydrogens is 406 g/mol. The Labute approximate surface area is 180 Å². The molecule has 0 atom stereocenters. The van der Waals surface area contributed by atoms with Crippen LogP contribution in [0.15, 0.2) is 18.2 Å². The maximum Gasteiger partial charge on any atom is 0.421 e. The molecule has 0 fully saturated rings. The molecule has 0 aliphatic heterocycles. The molecule has 0 aliphatic carbocycles. The molecule has 1 aromatic carbocycles. The number of carbonyl (C=O) groups is 2. The van der Waals surface area contributed by atoms with E-state index in [2.05, 4.69) is 4.98 Å². The summed E-state index contributed by atoms with van der Waals surface area (Å²) in [6.45, 7) is 11.0. The van der Waals surface area contributed by atoms with Crippen molar-refractivity contribution in [1.82, 2.24) is 14.6 Å². The van der Waals surface area contributed by atoms with E-state index in [1.807, 2.05) is 20.8 Å². The molecule has 0 saturated carbocycles. The lowest BCUT2D eigenvalue weighted by Gasteiger charge is -2.28. The summed E-state index contributed by atoms with van der Waals surface area (Å²) in [6, 6.07) is 4.37. The fraction of sp³-hybridized carbons (Fsp3) is 0.550. The number of likely N-dealkylation sites (N-methyl/N-ethyl adjacent to an activating group) is 1. The predicted molar refractivity (Wildman–Crippen MR) is 115 cm³/mol. The van der Waals surface area contributed by atoms with E-state index in [0.29, 0.717) is 6.41 Å². The molecule has 2 rings (SSSR count). The number of hydrogen-bond donors (Lipinski definition) is 0. The van der Waals surface area contributed by atoms with Gasteiger partial charge in [0.1, 0.15) is 5.60 Å². The van der Waals surface area contributed by atoms with E-state index in [0.717, 1.165) is 5.06 Å². The van der Waals surface area contributed by atoms with E-state index < -0.39 is 22.2 Å². The van der Waals surface area contributed by atoms with Gasteiger partial charge in [-0.05, 0) is 47.6 Å². The molecule has 0 saturated heterocycles. The zero-order valence-electron chi connectivity index (χ0n) is 18.9. The maximum atomic E-state index is 12.9. The highest BCUT2D eigenvalue weighted by Crippen LogP contribution is 2.30. The van der Waals surface area contributed by atoms with Gasteiger partial charge in [0.05, 0.1) is 22.6 Å². The summed E-state index contributed by atoms with van der Waals surface area (Å²) < 4.78 is 6.69. The fourth-order valence-corrected chi connectivity index (χ4v) is 2.78. The number of nitro groups is 1. The number of anilines is 1. The van der Waals surface area contributed by atoms with Crippen molar-refractivity contribution in [3.63, 3.8) is 0 Å². The number of nitro benzene ring substituents is 1. The van der Waals surface area contributed by atoms with E-state index in [1.165, 1.54) is 16.7 Å². The fourth-order valence-electron chi connectivity index (χ4n) is 2.78. The predicted octanol–water partition coefficient (Wildman–Crippen LogP) is 3.35. The number of non-ortho nitro benzene ring substituents is 1. The van der Waals surface area contributed by atoms with E-state index in [9.17, 15) is 19.7 Å². The van der Waals surface area contributed by atoms with Crippen LogP contribution in [0.3, 0.4) is 0 Å². The first-order valence-electron chi connectivity index (χ1n) is 9.75. The van der Waals surface area contributed by atoms with E-state index >= 15 is 0 Å². The Balaban J connectivity index is 2.46. The lowest BCUT2D eigenvalue weighted by atomic mass is 10.2. The number of imidazole rings is 1. The first-order valence-corrected chi connectivity index (χ1v) is 9.75. The Bertz CT molecular complexity index is 973. The van der Waals surface area contributed by atoms with Crippen LogP contribution in [0.25, 0.3) is 11.0 Å². The molecule has 2 aromatic rings. The number of nitrogens with zero attached hydrogens (tertiary/aromatic N) is 5. The third-order valence-electron chi connectivity index (χ3n) is 3.92. The minimum atomic E-state index is -0.779. The van der Waals surface area contributed by atoms with Crippen LogP contribution in [0.2, 0.25) is 0 Å². The molecule has 0 spiro atoms. The molecule has 1 amide bonds. The van der Waals surface area contributed by atoms with Gasteiger partial charge in [-0.25, -0.2) is 19.4 Å². The third-order valence-corrected chi connectivity index (χ3v) is 3.92. The highest BCUT2D eigenvalue weighted by Gasteiger charge is 2.28. The Kier molecular flexibility index (Phi) is 6.89. The summed E-state index contributed by atoms with van der Waals surface area (Å²) in [4.78, 5) is 46.7. The van der Waals surface area contributed by atoms with Gasteiger partial charge in [0.25, 0.3) is 5.69 Å². The third kappa shape index (κ3) is 6.14. The number of fused-ring (bicyclic) bond motifs is 1. The van der Waals surface area contributed by atoms with Crippen LogP contribution < -0.4 is 4.90 Å². The van der Waals surface area contributed by atoms with Gasteiger partial charge in [0.2, 0.25) is 12.4 Å². The van der Waals surface area contributed by atoms with Gasteiger partial charge in [0, 0.05) is 19.7 Å². The summed E-state index contributed by atoms with van der Waals surface area (Å²) in [5.74, 6) is 0.153. The van der Waals surface area contributed by atoms with Crippen molar-refractivity contribution in [2.24, 2.45) is 0 Å². The van der Waals surface area contributed by atoms with Gasteiger partial charge in [-0.1, -0.05) is 6.07 Å². The highest BCUT2D eigenvalue weighted by atomic mass is 16.7. The maximum absolute atomic E-state index is 12.9. The number of hydrogen-bond acceptors (Lipinski definition) is 8. The van der Waals surface area contributed by atoms with Gasteiger partial charge < -0.3 is 9.64 Å². The van der Waals surface area contributed by atoms with E-state index in [4.69, 9.17) is 9.57 Å². The molecular formula is C20H29N5O6. The second-order valence-electron chi connectivity index (χ2n) is 9.00. The van der Waals surface area contributed by atoms with Gasteiger partial charge in [-0.15, -0.1) is 0 Å². The summed E-state index contributed by atoms with van der Waals surface area (Å²) >= 11 is 0. The molecule has 0 radical (unpaired) electrons. The zero-order valence-corrected chi connectivity index (χ0v) is 18.9. The standard InChI is InChI=1S/C20H29N5O6/c1-19(2,3)30-18(27)24-14-9-8-10-15(25(28)29)16(14)21-17(24)22(7)11-12-23(13-26)31-20(4,5)6/h8-10,13H,11-12H2,1-7H3. The Hall–Kier alpha value is -3.21. The van der Waals surface area contributed by atoms with Gasteiger partial charge in [-0.2, -0.15) is 0 Å². The van der Waals surface area contributed by atoms with Crippen LogP contribution >= 0.6 is 0 Å². The number of amides is 1. The number of hydroxylamine groups is 2. The molecule has 0 unspecified atom stereocenters. The molecule has 1 heterocycles. The van der Waals surface area contributed by atoms with Crippen molar-refractivity contribution in [3.8, 4) is 0 Å². The van der Waals surface area contributed by atoms with Crippen molar-refractivity contribution in [2.45, 2.75) is 52.7 Å². The van der Waals surface area contributed by atoms with E-state index in [1.54, 1.807) is 38.8 Å². The zero-order chi connectivity index (χ0) is 23.6. The molecule has 170 valence electrons. The van der Waals surface area contributed by atoms with Gasteiger partial charge >= 0.3 is 6.09 Å². The largest absolute Gasteiger partial charge is 0.443 e. The van der Waals surface area contributed by atoms with Gasteiger partial charge in [0.15, 0.2) is 5.52 Å². The molecule has 11 heteroatoms. The number of para-hydroxylation sites is 1. The number of rotatable bonds is 7. The van der Waals surface area contributed by atoms with Crippen LogP contribution in [-0.2, 0) is 14.4 Å². The minimum absolute atomic E-state index is 0.0680. The average molecular weight is 435 g/mol. The smallest absolute Gasteiger partial charge is 0.421 e.